The zero-order chi connectivity index (χ0) is 12.0. The summed E-state index contributed by atoms with van der Waals surface area (Å²) in [5, 5.41) is 3.49. The fourth-order valence-electron chi connectivity index (χ4n) is 1.88. The lowest BCUT2D eigenvalue weighted by molar-refractivity contribution is 0.486. The second-order valence-corrected chi connectivity index (χ2v) is 4.74. The fraction of sp³-hybridized carbons (Fsp3) is 0.571. The molecule has 0 fully saturated rings. The molecule has 0 spiro atoms. The summed E-state index contributed by atoms with van der Waals surface area (Å²) < 4.78 is 0. The summed E-state index contributed by atoms with van der Waals surface area (Å²) in [6.07, 6.45) is 1.10. The zero-order valence-electron chi connectivity index (χ0n) is 10.7. The summed E-state index contributed by atoms with van der Waals surface area (Å²) in [5.74, 6) is 0.663. The van der Waals surface area contributed by atoms with E-state index >= 15 is 0 Å². The number of hydrogen-bond acceptors (Lipinski definition) is 2. The highest BCUT2D eigenvalue weighted by Gasteiger charge is 2.01. The zero-order valence-corrected chi connectivity index (χ0v) is 10.7. The second kappa shape index (κ2) is 6.66. The standard InChI is InChI=1S/C14H24N2/c1-11-4-5-14(13(3)8-11)10-16-9-12(2)6-7-15/h4-5,8,12,16H,6-7,9-10,15H2,1-3H3. The summed E-state index contributed by atoms with van der Waals surface area (Å²) >= 11 is 0. The van der Waals surface area contributed by atoms with Crippen LogP contribution in [0.1, 0.15) is 30.0 Å². The highest BCUT2D eigenvalue weighted by atomic mass is 14.9. The molecule has 2 nitrogen and oxygen atoms in total. The Labute approximate surface area is 99.2 Å². The third-order valence-corrected chi connectivity index (χ3v) is 2.97. The lowest BCUT2D eigenvalue weighted by atomic mass is 10.0. The van der Waals surface area contributed by atoms with E-state index in [0.717, 1.165) is 26.1 Å². The first-order chi connectivity index (χ1) is 7.63. The van der Waals surface area contributed by atoms with Crippen molar-refractivity contribution in [3.63, 3.8) is 0 Å². The number of hydrogen-bond donors (Lipinski definition) is 2. The van der Waals surface area contributed by atoms with Crippen LogP contribution in [-0.4, -0.2) is 13.1 Å². The van der Waals surface area contributed by atoms with Gasteiger partial charge in [-0.05, 0) is 50.4 Å². The maximum atomic E-state index is 5.53. The quantitative estimate of drug-likeness (QED) is 0.772. The van der Waals surface area contributed by atoms with E-state index in [0.29, 0.717) is 5.92 Å². The van der Waals surface area contributed by atoms with Gasteiger partial charge in [0.2, 0.25) is 0 Å². The van der Waals surface area contributed by atoms with Gasteiger partial charge in [0.25, 0.3) is 0 Å². The van der Waals surface area contributed by atoms with Gasteiger partial charge in [0.15, 0.2) is 0 Å². The molecular weight excluding hydrogens is 196 g/mol. The second-order valence-electron chi connectivity index (χ2n) is 4.74. The summed E-state index contributed by atoms with van der Waals surface area (Å²) in [4.78, 5) is 0. The summed E-state index contributed by atoms with van der Waals surface area (Å²) in [5.41, 5.74) is 9.62. The molecule has 0 aromatic heterocycles. The van der Waals surface area contributed by atoms with Crippen molar-refractivity contribution >= 4 is 0 Å². The van der Waals surface area contributed by atoms with Crippen LogP contribution in [-0.2, 0) is 6.54 Å². The van der Waals surface area contributed by atoms with Crippen LogP contribution < -0.4 is 11.1 Å². The lowest BCUT2D eigenvalue weighted by Crippen LogP contribution is -2.22. The third-order valence-electron chi connectivity index (χ3n) is 2.97. The summed E-state index contributed by atoms with van der Waals surface area (Å²) in [7, 11) is 0. The molecular formula is C14H24N2. The lowest BCUT2D eigenvalue weighted by Gasteiger charge is -2.12. The van der Waals surface area contributed by atoms with Crippen molar-refractivity contribution in [3.8, 4) is 0 Å². The van der Waals surface area contributed by atoms with Gasteiger partial charge in [0, 0.05) is 6.54 Å². The van der Waals surface area contributed by atoms with Gasteiger partial charge in [-0.25, -0.2) is 0 Å². The van der Waals surface area contributed by atoms with E-state index in [4.69, 9.17) is 5.73 Å². The molecule has 1 rings (SSSR count). The number of nitrogens with two attached hydrogens (primary N) is 1. The van der Waals surface area contributed by atoms with E-state index in [1.807, 2.05) is 0 Å². The molecule has 1 aromatic carbocycles. The van der Waals surface area contributed by atoms with Crippen molar-refractivity contribution in [1.82, 2.24) is 5.32 Å². The van der Waals surface area contributed by atoms with E-state index in [1.54, 1.807) is 0 Å². The van der Waals surface area contributed by atoms with Crippen molar-refractivity contribution in [3.05, 3.63) is 34.9 Å². The molecule has 0 saturated carbocycles. The van der Waals surface area contributed by atoms with Crippen molar-refractivity contribution in [2.24, 2.45) is 11.7 Å². The summed E-state index contributed by atoms with van der Waals surface area (Å²) in [6, 6.07) is 6.62. The fourth-order valence-corrected chi connectivity index (χ4v) is 1.88. The minimum Gasteiger partial charge on any atom is -0.330 e. The number of nitrogens with one attached hydrogen (secondary N) is 1. The van der Waals surface area contributed by atoms with Crippen LogP contribution in [0.25, 0.3) is 0 Å². The van der Waals surface area contributed by atoms with Crippen molar-refractivity contribution < 1.29 is 0 Å². The molecule has 0 aliphatic rings. The Morgan fingerprint density at radius 2 is 2.06 bits per heavy atom. The van der Waals surface area contributed by atoms with Crippen LogP contribution >= 0.6 is 0 Å². The van der Waals surface area contributed by atoms with Gasteiger partial charge in [0.05, 0.1) is 0 Å². The van der Waals surface area contributed by atoms with Crippen LogP contribution in [0, 0.1) is 19.8 Å². The smallest absolute Gasteiger partial charge is 0.0208 e. The molecule has 0 amide bonds. The molecule has 1 aromatic rings. The van der Waals surface area contributed by atoms with Crippen molar-refractivity contribution in [2.75, 3.05) is 13.1 Å². The Balaban J connectivity index is 2.37. The van der Waals surface area contributed by atoms with E-state index in [9.17, 15) is 0 Å². The van der Waals surface area contributed by atoms with E-state index < -0.39 is 0 Å². The largest absolute Gasteiger partial charge is 0.330 e. The van der Waals surface area contributed by atoms with Crippen LogP contribution in [0.2, 0.25) is 0 Å². The maximum absolute atomic E-state index is 5.53. The molecule has 3 N–H and O–H groups in total. The number of aryl methyl sites for hydroxylation is 2. The Morgan fingerprint density at radius 3 is 2.69 bits per heavy atom. The van der Waals surface area contributed by atoms with Crippen molar-refractivity contribution in [1.29, 1.82) is 0 Å². The molecule has 0 saturated heterocycles. The highest BCUT2D eigenvalue weighted by Crippen LogP contribution is 2.10. The highest BCUT2D eigenvalue weighted by molar-refractivity contribution is 5.30. The van der Waals surface area contributed by atoms with E-state index in [1.165, 1.54) is 16.7 Å². The minimum absolute atomic E-state index is 0.663. The monoisotopic (exact) mass is 220 g/mol. The molecule has 1 atom stereocenters. The Morgan fingerprint density at radius 1 is 1.31 bits per heavy atom. The third kappa shape index (κ3) is 4.33. The van der Waals surface area contributed by atoms with Gasteiger partial charge in [-0.3, -0.25) is 0 Å². The normalized spacial score (nSPS) is 12.8. The van der Waals surface area contributed by atoms with Gasteiger partial charge < -0.3 is 11.1 Å². The molecule has 0 bridgehead atoms. The van der Waals surface area contributed by atoms with Gasteiger partial charge in [-0.1, -0.05) is 30.7 Å². The topological polar surface area (TPSA) is 38.0 Å². The SMILES string of the molecule is Cc1ccc(CNCC(C)CCN)c(C)c1. The van der Waals surface area contributed by atoms with Gasteiger partial charge in [-0.15, -0.1) is 0 Å². The molecule has 16 heavy (non-hydrogen) atoms. The van der Waals surface area contributed by atoms with Gasteiger partial charge in [0.1, 0.15) is 0 Å². The first-order valence-electron chi connectivity index (χ1n) is 6.10. The Hall–Kier alpha value is -0.860. The van der Waals surface area contributed by atoms with Gasteiger partial charge >= 0.3 is 0 Å². The van der Waals surface area contributed by atoms with Crippen molar-refractivity contribution in [2.45, 2.75) is 33.7 Å². The molecule has 2 heteroatoms. The van der Waals surface area contributed by atoms with Crippen LogP contribution in [0.5, 0.6) is 0 Å². The van der Waals surface area contributed by atoms with Crippen LogP contribution in [0.4, 0.5) is 0 Å². The predicted molar refractivity (Wildman–Crippen MR) is 70.5 cm³/mol. The first-order valence-corrected chi connectivity index (χ1v) is 6.10. The molecule has 0 aliphatic carbocycles. The Bertz CT molecular complexity index is 321. The average Bonchev–Trinajstić information content (AvgIpc) is 2.22. The van der Waals surface area contributed by atoms with Crippen LogP contribution in [0.3, 0.4) is 0 Å². The molecule has 1 unspecified atom stereocenters. The molecule has 0 heterocycles. The van der Waals surface area contributed by atoms with E-state index in [2.05, 4.69) is 44.3 Å². The van der Waals surface area contributed by atoms with E-state index in [-0.39, 0.29) is 0 Å². The molecule has 0 aliphatic heterocycles. The maximum Gasteiger partial charge on any atom is 0.0208 e. The van der Waals surface area contributed by atoms with Gasteiger partial charge in [-0.2, -0.15) is 0 Å². The number of rotatable bonds is 6. The minimum atomic E-state index is 0.663. The molecule has 0 radical (unpaired) electrons. The van der Waals surface area contributed by atoms with Crippen LogP contribution in [0.15, 0.2) is 18.2 Å². The Kier molecular flexibility index (Phi) is 5.50. The number of benzene rings is 1. The predicted octanol–water partition coefficient (Wildman–Crippen LogP) is 2.38. The average molecular weight is 220 g/mol. The first kappa shape index (κ1) is 13.2. The summed E-state index contributed by atoms with van der Waals surface area (Å²) in [6.45, 7) is 9.33. The molecule has 90 valence electrons.